The van der Waals surface area contributed by atoms with Gasteiger partial charge in [0.1, 0.15) is 6.33 Å². The van der Waals surface area contributed by atoms with Gasteiger partial charge in [-0.1, -0.05) is 6.07 Å². The normalized spacial score (nSPS) is 18.6. The molecule has 7 nitrogen and oxygen atoms in total. The number of hydrogen-bond acceptors (Lipinski definition) is 6. The molecule has 3 rings (SSSR count). The smallest absolute Gasteiger partial charge is 0.162 e. The number of anilines is 1. The molecule has 0 radical (unpaired) electrons. The zero-order chi connectivity index (χ0) is 14.9. The molecule has 1 aromatic heterocycles. The number of rotatable bonds is 3. The molecule has 7 heteroatoms. The van der Waals surface area contributed by atoms with Crippen molar-refractivity contribution in [1.29, 1.82) is 0 Å². The van der Waals surface area contributed by atoms with Crippen LogP contribution in [0.3, 0.4) is 0 Å². The maximum absolute atomic E-state index is 5.65. The number of tetrazole rings is 1. The second kappa shape index (κ2) is 5.42. The molecule has 2 heterocycles. The summed E-state index contributed by atoms with van der Waals surface area (Å²) < 4.78 is 13.0. The molecule has 1 N–H and O–H groups in total. The lowest BCUT2D eigenvalue weighted by Crippen LogP contribution is -2.45. The number of aryl methyl sites for hydroxylation is 1. The predicted octanol–water partition coefficient (Wildman–Crippen LogP) is 1.53. The fourth-order valence-corrected chi connectivity index (χ4v) is 2.23. The summed E-state index contributed by atoms with van der Waals surface area (Å²) in [5, 5.41) is 14.7. The Bertz CT molecular complexity index is 602. The minimum atomic E-state index is -0.497. The van der Waals surface area contributed by atoms with Crippen LogP contribution in [0.15, 0.2) is 24.5 Å². The molecule has 0 bridgehead atoms. The van der Waals surface area contributed by atoms with E-state index >= 15 is 0 Å². The summed E-state index contributed by atoms with van der Waals surface area (Å²) in [5.74, 6) is -0.497. The first-order chi connectivity index (χ1) is 10.0. The molecule has 0 amide bonds. The van der Waals surface area contributed by atoms with E-state index in [1.807, 2.05) is 39.0 Å². The number of ether oxygens (including phenoxy) is 2. The van der Waals surface area contributed by atoms with Gasteiger partial charge in [0.05, 0.1) is 24.9 Å². The van der Waals surface area contributed by atoms with Crippen LogP contribution in [0, 0.1) is 6.92 Å². The molecule has 0 aliphatic carbocycles. The highest BCUT2D eigenvalue weighted by atomic mass is 16.7. The Kier molecular flexibility index (Phi) is 3.60. The zero-order valence-electron chi connectivity index (χ0n) is 12.4. The van der Waals surface area contributed by atoms with Gasteiger partial charge in [0, 0.05) is 5.69 Å². The molecule has 0 unspecified atom stereocenters. The van der Waals surface area contributed by atoms with E-state index in [2.05, 4.69) is 20.8 Å². The summed E-state index contributed by atoms with van der Waals surface area (Å²) in [6.45, 7) is 7.09. The van der Waals surface area contributed by atoms with Crippen molar-refractivity contribution in [2.75, 3.05) is 18.5 Å². The number of nitrogens with one attached hydrogen (secondary N) is 1. The number of aromatic nitrogens is 4. The average molecular weight is 289 g/mol. The van der Waals surface area contributed by atoms with Crippen LogP contribution in [-0.4, -0.2) is 45.2 Å². The van der Waals surface area contributed by atoms with Crippen molar-refractivity contribution >= 4 is 5.69 Å². The van der Waals surface area contributed by atoms with E-state index in [0.717, 1.165) is 16.9 Å². The summed E-state index contributed by atoms with van der Waals surface area (Å²) in [7, 11) is 0. The van der Waals surface area contributed by atoms with Crippen LogP contribution in [0.5, 0.6) is 0 Å². The zero-order valence-corrected chi connectivity index (χ0v) is 12.4. The Morgan fingerprint density at radius 2 is 2.05 bits per heavy atom. The first kappa shape index (κ1) is 14.0. The maximum Gasteiger partial charge on any atom is 0.162 e. The van der Waals surface area contributed by atoms with E-state index in [1.165, 1.54) is 0 Å². The molecule has 1 aliphatic rings. The fourth-order valence-electron chi connectivity index (χ4n) is 2.23. The minimum absolute atomic E-state index is 0.127. The molecular weight excluding hydrogens is 270 g/mol. The van der Waals surface area contributed by atoms with Gasteiger partial charge < -0.3 is 14.8 Å². The molecule has 21 heavy (non-hydrogen) atoms. The SMILES string of the molecule is Cc1ccc(NC2COC(C)(C)OC2)cc1-n1cnnn1. The topological polar surface area (TPSA) is 74.1 Å². The summed E-state index contributed by atoms with van der Waals surface area (Å²) >= 11 is 0. The third-order valence-corrected chi connectivity index (χ3v) is 3.44. The lowest BCUT2D eigenvalue weighted by molar-refractivity contribution is -0.247. The van der Waals surface area contributed by atoms with Crippen LogP contribution in [0.1, 0.15) is 19.4 Å². The van der Waals surface area contributed by atoms with Gasteiger partial charge in [-0.05, 0) is 48.9 Å². The van der Waals surface area contributed by atoms with Crippen molar-refractivity contribution < 1.29 is 9.47 Å². The summed E-state index contributed by atoms with van der Waals surface area (Å²) in [4.78, 5) is 0. The average Bonchev–Trinajstić information content (AvgIpc) is 2.97. The van der Waals surface area contributed by atoms with Gasteiger partial charge >= 0.3 is 0 Å². The molecule has 1 aromatic carbocycles. The Hall–Kier alpha value is -1.99. The fraction of sp³-hybridized carbons (Fsp3) is 0.500. The number of nitrogens with zero attached hydrogens (tertiary/aromatic N) is 4. The van der Waals surface area contributed by atoms with Gasteiger partial charge in [-0.25, -0.2) is 4.68 Å². The van der Waals surface area contributed by atoms with Crippen LogP contribution in [-0.2, 0) is 9.47 Å². The second-order valence-electron chi connectivity index (χ2n) is 5.62. The highest BCUT2D eigenvalue weighted by Gasteiger charge is 2.28. The van der Waals surface area contributed by atoms with Crippen LogP contribution >= 0.6 is 0 Å². The first-order valence-electron chi connectivity index (χ1n) is 6.92. The van der Waals surface area contributed by atoms with Gasteiger partial charge in [0.25, 0.3) is 0 Å². The molecule has 2 aromatic rings. The summed E-state index contributed by atoms with van der Waals surface area (Å²) in [6.07, 6.45) is 1.58. The van der Waals surface area contributed by atoms with Gasteiger partial charge in [-0.3, -0.25) is 0 Å². The van der Waals surface area contributed by atoms with Crippen LogP contribution < -0.4 is 5.32 Å². The van der Waals surface area contributed by atoms with E-state index < -0.39 is 5.79 Å². The van der Waals surface area contributed by atoms with Gasteiger partial charge in [0.15, 0.2) is 5.79 Å². The summed E-state index contributed by atoms with van der Waals surface area (Å²) in [5.41, 5.74) is 3.04. The highest BCUT2D eigenvalue weighted by Crippen LogP contribution is 2.22. The number of hydrogen-bond donors (Lipinski definition) is 1. The largest absolute Gasteiger partial charge is 0.378 e. The Labute approximate surface area is 123 Å². The molecule has 0 atom stereocenters. The van der Waals surface area contributed by atoms with Gasteiger partial charge in [-0.2, -0.15) is 0 Å². The second-order valence-corrected chi connectivity index (χ2v) is 5.62. The monoisotopic (exact) mass is 289 g/mol. The van der Waals surface area contributed by atoms with Crippen molar-refractivity contribution in [3.63, 3.8) is 0 Å². The van der Waals surface area contributed by atoms with E-state index in [1.54, 1.807) is 11.0 Å². The third-order valence-electron chi connectivity index (χ3n) is 3.44. The first-order valence-corrected chi connectivity index (χ1v) is 6.92. The summed E-state index contributed by atoms with van der Waals surface area (Å²) in [6, 6.07) is 6.21. The molecular formula is C14H19N5O2. The maximum atomic E-state index is 5.65. The van der Waals surface area contributed by atoms with E-state index in [0.29, 0.717) is 13.2 Å². The molecule has 0 spiro atoms. The van der Waals surface area contributed by atoms with E-state index in [4.69, 9.17) is 9.47 Å². The molecule has 1 saturated heterocycles. The lowest BCUT2D eigenvalue weighted by atomic mass is 10.1. The molecule has 1 aliphatic heterocycles. The van der Waals surface area contributed by atoms with Crippen LogP contribution in [0.4, 0.5) is 5.69 Å². The minimum Gasteiger partial charge on any atom is -0.378 e. The number of benzene rings is 1. The third kappa shape index (κ3) is 3.20. The Balaban J connectivity index is 1.74. The Morgan fingerprint density at radius 1 is 1.29 bits per heavy atom. The van der Waals surface area contributed by atoms with Gasteiger partial charge in [-0.15, -0.1) is 5.10 Å². The van der Waals surface area contributed by atoms with Crippen molar-refractivity contribution in [3.05, 3.63) is 30.1 Å². The standard InChI is InChI=1S/C14H19N5O2/c1-10-4-5-11(6-13(10)19-9-15-17-18-19)16-12-7-20-14(2,3)21-8-12/h4-6,9,12,16H,7-8H2,1-3H3. The van der Waals surface area contributed by atoms with Gasteiger partial charge in [0.2, 0.25) is 0 Å². The predicted molar refractivity (Wildman–Crippen MR) is 77.3 cm³/mol. The molecule has 1 fully saturated rings. The lowest BCUT2D eigenvalue weighted by Gasteiger charge is -2.35. The van der Waals surface area contributed by atoms with E-state index in [-0.39, 0.29) is 6.04 Å². The van der Waals surface area contributed by atoms with Crippen LogP contribution in [0.25, 0.3) is 5.69 Å². The Morgan fingerprint density at radius 3 is 2.71 bits per heavy atom. The van der Waals surface area contributed by atoms with Crippen molar-refractivity contribution in [1.82, 2.24) is 20.2 Å². The van der Waals surface area contributed by atoms with Crippen molar-refractivity contribution in [2.45, 2.75) is 32.6 Å². The highest BCUT2D eigenvalue weighted by molar-refractivity contribution is 5.55. The van der Waals surface area contributed by atoms with Crippen molar-refractivity contribution in [3.8, 4) is 5.69 Å². The quantitative estimate of drug-likeness (QED) is 0.923. The van der Waals surface area contributed by atoms with E-state index in [9.17, 15) is 0 Å². The molecule has 0 saturated carbocycles. The molecule has 112 valence electrons. The van der Waals surface area contributed by atoms with Crippen molar-refractivity contribution in [2.24, 2.45) is 0 Å². The van der Waals surface area contributed by atoms with Crippen LogP contribution in [0.2, 0.25) is 0 Å².